The normalized spacial score (nSPS) is 18.1. The van der Waals surface area contributed by atoms with Crippen LogP contribution in [0.5, 0.6) is 11.6 Å². The molecule has 0 radical (unpaired) electrons. The third kappa shape index (κ3) is 8.13. The highest BCUT2D eigenvalue weighted by Gasteiger charge is 2.36. The van der Waals surface area contributed by atoms with E-state index in [4.69, 9.17) is 14.0 Å². The minimum Gasteiger partial charge on any atom is -0.438 e. The van der Waals surface area contributed by atoms with Crippen molar-refractivity contribution in [1.82, 2.24) is 15.1 Å². The molecule has 2 aromatic heterocycles. The Kier molecular flexibility index (Phi) is 10.5. The van der Waals surface area contributed by atoms with E-state index >= 15 is 0 Å². The summed E-state index contributed by atoms with van der Waals surface area (Å²) in [6.07, 6.45) is 0.917. The van der Waals surface area contributed by atoms with Gasteiger partial charge < -0.3 is 18.9 Å². The maximum atomic E-state index is 14.1. The van der Waals surface area contributed by atoms with Crippen LogP contribution in [-0.2, 0) is 28.5 Å². The number of halogens is 3. The number of nitrogens with zero attached hydrogens (tertiary/aromatic N) is 4. The van der Waals surface area contributed by atoms with E-state index in [1.165, 1.54) is 6.20 Å². The lowest BCUT2D eigenvalue weighted by molar-refractivity contribution is -0.139. The molecular weight excluding hydrogens is 561 g/mol. The fraction of sp³-hybridized carbons (Fsp3) is 0.562. The number of pyridine rings is 1. The summed E-state index contributed by atoms with van der Waals surface area (Å²) < 4.78 is 58.5. The molecule has 4 rings (SSSR count). The number of ether oxygens (including phenoxy) is 2. The Bertz CT molecular complexity index is 1380. The van der Waals surface area contributed by atoms with Crippen LogP contribution in [0.1, 0.15) is 87.7 Å². The number of hydrogen-bond acceptors (Lipinski definition) is 7. The van der Waals surface area contributed by atoms with E-state index in [-0.39, 0.29) is 42.4 Å². The fourth-order valence-electron chi connectivity index (χ4n) is 5.44. The van der Waals surface area contributed by atoms with Crippen LogP contribution >= 0.6 is 0 Å². The van der Waals surface area contributed by atoms with Crippen LogP contribution in [0, 0.1) is 18.8 Å². The molecule has 0 spiro atoms. The predicted octanol–water partition coefficient (Wildman–Crippen LogP) is 7.69. The smallest absolute Gasteiger partial charge is 0.421 e. The predicted molar refractivity (Wildman–Crippen MR) is 156 cm³/mol. The highest BCUT2D eigenvalue weighted by atomic mass is 19.4. The topological polar surface area (TPSA) is 90.6 Å². The Hall–Kier alpha value is -3.47. The van der Waals surface area contributed by atoms with Gasteiger partial charge in [-0.15, -0.1) is 0 Å². The zero-order valence-electron chi connectivity index (χ0n) is 25.7. The third-order valence-corrected chi connectivity index (χ3v) is 7.93. The molecule has 0 aliphatic heterocycles. The number of methoxy groups -OCH3 is 1. The Labute approximate surface area is 251 Å². The van der Waals surface area contributed by atoms with Crippen LogP contribution in [0.2, 0.25) is 0 Å². The summed E-state index contributed by atoms with van der Waals surface area (Å²) in [6.45, 7) is 10.2. The van der Waals surface area contributed by atoms with Gasteiger partial charge in [-0.05, 0) is 87.3 Å². The van der Waals surface area contributed by atoms with Crippen molar-refractivity contribution in [3.8, 4) is 11.6 Å². The number of amides is 1. The van der Waals surface area contributed by atoms with Crippen molar-refractivity contribution in [2.75, 3.05) is 18.6 Å². The molecule has 0 N–H and O–H groups in total. The second-order valence-corrected chi connectivity index (χ2v) is 11.9. The first-order chi connectivity index (χ1) is 20.4. The lowest BCUT2D eigenvalue weighted by atomic mass is 9.82. The van der Waals surface area contributed by atoms with E-state index in [0.717, 1.165) is 31.7 Å². The van der Waals surface area contributed by atoms with Gasteiger partial charge in [-0.1, -0.05) is 25.9 Å². The maximum absolute atomic E-state index is 14.1. The summed E-state index contributed by atoms with van der Waals surface area (Å²) in [6, 6.07) is 5.74. The summed E-state index contributed by atoms with van der Waals surface area (Å²) in [5.41, 5.74) is 0.774. The molecule has 1 atom stereocenters. The summed E-state index contributed by atoms with van der Waals surface area (Å²) in [4.78, 5) is 23.8. The Morgan fingerprint density at radius 2 is 1.84 bits per heavy atom. The highest BCUT2D eigenvalue weighted by Crippen LogP contribution is 2.39. The number of anilines is 1. The molecule has 1 aliphatic rings. The Balaban J connectivity index is 1.54. The summed E-state index contributed by atoms with van der Waals surface area (Å²) in [7, 11) is 1.59. The molecule has 1 fully saturated rings. The number of aromatic nitrogens is 3. The second-order valence-electron chi connectivity index (χ2n) is 11.9. The minimum atomic E-state index is -4.68. The van der Waals surface area contributed by atoms with Gasteiger partial charge in [0, 0.05) is 37.3 Å². The zero-order valence-corrected chi connectivity index (χ0v) is 25.7. The van der Waals surface area contributed by atoms with Gasteiger partial charge in [-0.25, -0.2) is 4.98 Å². The van der Waals surface area contributed by atoms with Gasteiger partial charge >= 0.3 is 6.18 Å². The SMILES string of the molecule is COC[C@H](C)N(c1ccc(Oc2ncc(CCc3nc(C(C)C)no3)cc2C(F)(F)F)cc1C)C(=O)[C@H]1CC[C@H](C)CC1. The molecule has 1 amide bonds. The van der Waals surface area contributed by atoms with Crippen molar-refractivity contribution < 1.29 is 32.0 Å². The monoisotopic (exact) mass is 602 g/mol. The van der Waals surface area contributed by atoms with E-state index in [1.807, 2.05) is 27.7 Å². The molecule has 1 aliphatic carbocycles. The van der Waals surface area contributed by atoms with Crippen LogP contribution in [0.25, 0.3) is 0 Å². The minimum absolute atomic E-state index is 0.0470. The largest absolute Gasteiger partial charge is 0.438 e. The molecule has 0 saturated heterocycles. The first kappa shape index (κ1) is 32.4. The molecule has 43 heavy (non-hydrogen) atoms. The average Bonchev–Trinajstić information content (AvgIpc) is 3.43. The molecule has 1 aromatic carbocycles. The maximum Gasteiger partial charge on any atom is 0.421 e. The molecule has 1 saturated carbocycles. The van der Waals surface area contributed by atoms with Crippen molar-refractivity contribution in [2.45, 2.75) is 91.3 Å². The second kappa shape index (κ2) is 13.9. The Morgan fingerprint density at radius 1 is 1.12 bits per heavy atom. The van der Waals surface area contributed by atoms with E-state index in [1.54, 1.807) is 30.2 Å². The van der Waals surface area contributed by atoms with Crippen LogP contribution in [-0.4, -0.2) is 40.8 Å². The van der Waals surface area contributed by atoms with E-state index < -0.39 is 17.6 Å². The lowest BCUT2D eigenvalue weighted by Crippen LogP contribution is -2.45. The van der Waals surface area contributed by atoms with Gasteiger partial charge in [0.1, 0.15) is 11.3 Å². The third-order valence-electron chi connectivity index (χ3n) is 7.93. The first-order valence-corrected chi connectivity index (χ1v) is 14.9. The van der Waals surface area contributed by atoms with Crippen molar-refractivity contribution in [3.05, 3.63) is 58.9 Å². The lowest BCUT2D eigenvalue weighted by Gasteiger charge is -2.35. The molecule has 3 aromatic rings. The number of aryl methyl sites for hydroxylation is 3. The molecule has 8 nitrogen and oxygen atoms in total. The number of hydrogen-bond donors (Lipinski definition) is 0. The van der Waals surface area contributed by atoms with Gasteiger partial charge in [0.25, 0.3) is 0 Å². The van der Waals surface area contributed by atoms with E-state index in [0.29, 0.717) is 41.1 Å². The van der Waals surface area contributed by atoms with Crippen LogP contribution in [0.4, 0.5) is 18.9 Å². The van der Waals surface area contributed by atoms with Crippen molar-refractivity contribution in [2.24, 2.45) is 11.8 Å². The van der Waals surface area contributed by atoms with Gasteiger partial charge in [-0.3, -0.25) is 4.79 Å². The van der Waals surface area contributed by atoms with Crippen molar-refractivity contribution >= 4 is 11.6 Å². The fourth-order valence-corrected chi connectivity index (χ4v) is 5.44. The Morgan fingerprint density at radius 3 is 2.44 bits per heavy atom. The van der Waals surface area contributed by atoms with Gasteiger partial charge in [0.05, 0.1) is 12.6 Å². The molecular formula is C32H41F3N4O4. The number of alkyl halides is 3. The number of rotatable bonds is 11. The van der Waals surface area contributed by atoms with Crippen molar-refractivity contribution in [1.29, 1.82) is 0 Å². The van der Waals surface area contributed by atoms with E-state index in [9.17, 15) is 18.0 Å². The zero-order chi connectivity index (χ0) is 31.3. The molecule has 234 valence electrons. The number of carbonyl (C=O) groups is 1. The van der Waals surface area contributed by atoms with Crippen LogP contribution < -0.4 is 9.64 Å². The van der Waals surface area contributed by atoms with Gasteiger partial charge in [0.2, 0.25) is 17.7 Å². The van der Waals surface area contributed by atoms with Crippen LogP contribution in [0.15, 0.2) is 35.0 Å². The van der Waals surface area contributed by atoms with Crippen LogP contribution in [0.3, 0.4) is 0 Å². The summed E-state index contributed by atoms with van der Waals surface area (Å²) >= 11 is 0. The molecule has 0 unspecified atom stereocenters. The van der Waals surface area contributed by atoms with Crippen molar-refractivity contribution in [3.63, 3.8) is 0 Å². The number of carbonyl (C=O) groups excluding carboxylic acids is 1. The summed E-state index contributed by atoms with van der Waals surface area (Å²) in [5, 5.41) is 3.89. The van der Waals surface area contributed by atoms with E-state index in [2.05, 4.69) is 22.0 Å². The molecule has 0 bridgehead atoms. The molecule has 11 heteroatoms. The average molecular weight is 603 g/mol. The first-order valence-electron chi connectivity index (χ1n) is 14.9. The standard InChI is InChI=1S/C32H41F3N4O4/c1-19(2)29-37-28(43-38-29)14-9-23-16-26(32(33,34)35)30(36-17-23)42-25-12-13-27(21(4)15-25)39(22(5)18-41-6)31(40)24-10-7-20(3)8-11-24/h12-13,15-17,19-20,22,24H,7-11,14,18H2,1-6H3/t20-,22-,24-/m0/s1. The quantitative estimate of drug-likeness (QED) is 0.222. The number of benzene rings is 1. The van der Waals surface area contributed by atoms with Gasteiger partial charge in [-0.2, -0.15) is 18.2 Å². The van der Waals surface area contributed by atoms with Gasteiger partial charge in [0.15, 0.2) is 5.82 Å². The highest BCUT2D eigenvalue weighted by molar-refractivity contribution is 5.96. The molecule has 2 heterocycles. The summed E-state index contributed by atoms with van der Waals surface area (Å²) in [5.74, 6) is 1.24.